The van der Waals surface area contributed by atoms with E-state index >= 15 is 0 Å². The molecule has 2 aliphatic rings. The van der Waals surface area contributed by atoms with Gasteiger partial charge in [0.1, 0.15) is 12.4 Å². The van der Waals surface area contributed by atoms with Gasteiger partial charge in [-0.25, -0.2) is 4.68 Å². The lowest BCUT2D eigenvalue weighted by atomic mass is 9.91. The number of aromatic nitrogens is 2. The molecule has 0 spiro atoms. The summed E-state index contributed by atoms with van der Waals surface area (Å²) < 4.78 is 1.36. The Bertz CT molecular complexity index is 911. The molecule has 1 aromatic carbocycles. The summed E-state index contributed by atoms with van der Waals surface area (Å²) in [6.07, 6.45) is 4.89. The van der Waals surface area contributed by atoms with Crippen LogP contribution in [0.3, 0.4) is 0 Å². The summed E-state index contributed by atoms with van der Waals surface area (Å²) in [6.45, 7) is 7.30. The highest BCUT2D eigenvalue weighted by atomic mass is 16.1. The first kappa shape index (κ1) is 21.8. The largest absolute Gasteiger partial charge is 0.355 e. The molecule has 0 aliphatic carbocycles. The number of hydrogen-bond donors (Lipinski definition) is 0. The molecule has 3 heterocycles. The van der Waals surface area contributed by atoms with Crippen LogP contribution in [0.1, 0.15) is 44.6 Å². The van der Waals surface area contributed by atoms with Gasteiger partial charge in [0.05, 0.1) is 0 Å². The maximum absolute atomic E-state index is 12.7. The SMILES string of the molecule is CC1CCN(c2ccc(=O)n(CC(=O)CC3CCN(Cc4ccccc4)CC3)n2)CC1. The van der Waals surface area contributed by atoms with Crippen LogP contribution in [0, 0.1) is 11.8 Å². The van der Waals surface area contributed by atoms with Crippen molar-refractivity contribution in [3.05, 3.63) is 58.4 Å². The maximum atomic E-state index is 12.7. The zero-order valence-corrected chi connectivity index (χ0v) is 18.6. The minimum Gasteiger partial charge on any atom is -0.355 e. The molecular weight excluding hydrogens is 388 g/mol. The number of carbonyl (C=O) groups excluding carboxylic acids is 1. The normalized spacial score (nSPS) is 18.9. The maximum Gasteiger partial charge on any atom is 0.267 e. The average Bonchev–Trinajstić information content (AvgIpc) is 2.78. The number of benzene rings is 1. The first-order valence-electron chi connectivity index (χ1n) is 11.7. The van der Waals surface area contributed by atoms with Gasteiger partial charge < -0.3 is 4.90 Å². The highest BCUT2D eigenvalue weighted by Crippen LogP contribution is 2.23. The predicted octanol–water partition coefficient (Wildman–Crippen LogP) is 3.35. The van der Waals surface area contributed by atoms with Crippen LogP contribution >= 0.6 is 0 Å². The van der Waals surface area contributed by atoms with E-state index in [4.69, 9.17) is 0 Å². The third-order valence-corrected chi connectivity index (χ3v) is 6.76. The van der Waals surface area contributed by atoms with Crippen LogP contribution < -0.4 is 10.5 Å². The van der Waals surface area contributed by atoms with Crippen molar-refractivity contribution >= 4 is 11.6 Å². The zero-order chi connectivity index (χ0) is 21.6. The van der Waals surface area contributed by atoms with E-state index in [2.05, 4.69) is 46.1 Å². The molecule has 4 rings (SSSR count). The van der Waals surface area contributed by atoms with Crippen molar-refractivity contribution in [2.45, 2.75) is 52.1 Å². The molecule has 6 nitrogen and oxygen atoms in total. The average molecular weight is 423 g/mol. The van der Waals surface area contributed by atoms with Crippen LogP contribution in [-0.2, 0) is 17.9 Å². The van der Waals surface area contributed by atoms with Gasteiger partial charge in [0.2, 0.25) is 0 Å². The first-order chi connectivity index (χ1) is 15.1. The second-order valence-corrected chi connectivity index (χ2v) is 9.30. The monoisotopic (exact) mass is 422 g/mol. The Balaban J connectivity index is 1.27. The summed E-state index contributed by atoms with van der Waals surface area (Å²) in [7, 11) is 0. The lowest BCUT2D eigenvalue weighted by Gasteiger charge is -2.32. The Morgan fingerprint density at radius 1 is 0.968 bits per heavy atom. The van der Waals surface area contributed by atoms with Gasteiger partial charge in [0, 0.05) is 32.1 Å². The van der Waals surface area contributed by atoms with Crippen LogP contribution in [0.5, 0.6) is 0 Å². The Morgan fingerprint density at radius 2 is 1.68 bits per heavy atom. The summed E-state index contributed by atoms with van der Waals surface area (Å²) in [4.78, 5) is 29.7. The van der Waals surface area contributed by atoms with Crippen molar-refractivity contribution in [2.24, 2.45) is 11.8 Å². The zero-order valence-electron chi connectivity index (χ0n) is 18.6. The van der Waals surface area contributed by atoms with Gasteiger partial charge in [-0.1, -0.05) is 37.3 Å². The van der Waals surface area contributed by atoms with Crippen molar-refractivity contribution in [3.8, 4) is 0 Å². The van der Waals surface area contributed by atoms with Gasteiger partial charge in [-0.3, -0.25) is 14.5 Å². The summed E-state index contributed by atoms with van der Waals surface area (Å²) in [5.41, 5.74) is 1.14. The Morgan fingerprint density at radius 3 is 2.39 bits per heavy atom. The second-order valence-electron chi connectivity index (χ2n) is 9.30. The first-order valence-corrected chi connectivity index (χ1v) is 11.7. The molecule has 0 amide bonds. The Labute approximate surface area is 184 Å². The summed E-state index contributed by atoms with van der Waals surface area (Å²) in [6, 6.07) is 13.9. The van der Waals surface area contributed by atoms with Crippen LogP contribution in [0.4, 0.5) is 5.82 Å². The number of anilines is 1. The highest BCUT2D eigenvalue weighted by molar-refractivity contribution is 5.78. The lowest BCUT2D eigenvalue weighted by Crippen LogP contribution is -2.36. The Kier molecular flexibility index (Phi) is 7.17. The van der Waals surface area contributed by atoms with Crippen molar-refractivity contribution in [1.29, 1.82) is 0 Å². The van der Waals surface area contributed by atoms with E-state index in [1.54, 1.807) is 12.1 Å². The molecule has 0 unspecified atom stereocenters. The van der Waals surface area contributed by atoms with Gasteiger partial charge in [-0.15, -0.1) is 0 Å². The molecule has 166 valence electrons. The molecule has 1 aromatic heterocycles. The Hall–Kier alpha value is -2.47. The van der Waals surface area contributed by atoms with E-state index in [0.717, 1.165) is 70.1 Å². The molecule has 0 atom stereocenters. The molecule has 2 aliphatic heterocycles. The van der Waals surface area contributed by atoms with Crippen molar-refractivity contribution in [2.75, 3.05) is 31.1 Å². The third kappa shape index (κ3) is 6.03. The molecule has 0 saturated carbocycles. The molecule has 0 bridgehead atoms. The number of nitrogens with zero attached hydrogens (tertiary/aromatic N) is 4. The van der Waals surface area contributed by atoms with E-state index in [0.29, 0.717) is 12.3 Å². The summed E-state index contributed by atoms with van der Waals surface area (Å²) >= 11 is 0. The number of ketones is 1. The summed E-state index contributed by atoms with van der Waals surface area (Å²) in [5, 5.41) is 4.51. The van der Waals surface area contributed by atoms with Crippen LogP contribution in [0.15, 0.2) is 47.3 Å². The fourth-order valence-electron chi connectivity index (χ4n) is 4.70. The standard InChI is InChI=1S/C25H34N4O2/c1-20-9-15-28(16-10-20)24-7-8-25(31)29(26-24)19-23(30)17-21-11-13-27(14-12-21)18-22-5-3-2-4-6-22/h2-8,20-21H,9-19H2,1H3. The number of Topliss-reactive ketones (excluding diaryl/α,β-unsaturated/α-hetero) is 1. The fourth-order valence-corrected chi connectivity index (χ4v) is 4.70. The molecule has 2 fully saturated rings. The minimum atomic E-state index is -0.194. The fraction of sp³-hybridized carbons (Fsp3) is 0.560. The molecule has 6 heteroatoms. The van der Waals surface area contributed by atoms with Crippen LogP contribution in [0.2, 0.25) is 0 Å². The van der Waals surface area contributed by atoms with Crippen molar-refractivity contribution in [1.82, 2.24) is 14.7 Å². The molecule has 2 aromatic rings. The number of rotatable bonds is 7. The van der Waals surface area contributed by atoms with Crippen molar-refractivity contribution < 1.29 is 4.79 Å². The van der Waals surface area contributed by atoms with E-state index < -0.39 is 0 Å². The van der Waals surface area contributed by atoms with Gasteiger partial charge in [0.25, 0.3) is 5.56 Å². The number of hydrogen-bond acceptors (Lipinski definition) is 5. The van der Waals surface area contributed by atoms with Gasteiger partial charge in [-0.2, -0.15) is 5.10 Å². The predicted molar refractivity (Wildman–Crippen MR) is 123 cm³/mol. The van der Waals surface area contributed by atoms with Gasteiger partial charge >= 0.3 is 0 Å². The van der Waals surface area contributed by atoms with Crippen LogP contribution in [-0.4, -0.2) is 46.6 Å². The molecule has 31 heavy (non-hydrogen) atoms. The van der Waals surface area contributed by atoms with Crippen LogP contribution in [0.25, 0.3) is 0 Å². The highest BCUT2D eigenvalue weighted by Gasteiger charge is 2.22. The topological polar surface area (TPSA) is 58.4 Å². The molecule has 2 saturated heterocycles. The number of likely N-dealkylation sites (tertiary alicyclic amines) is 1. The lowest BCUT2D eigenvalue weighted by molar-refractivity contribution is -0.121. The second kappa shape index (κ2) is 10.2. The van der Waals surface area contributed by atoms with Gasteiger partial charge in [0.15, 0.2) is 5.78 Å². The molecule has 0 N–H and O–H groups in total. The number of piperidine rings is 2. The smallest absolute Gasteiger partial charge is 0.267 e. The molecular formula is C25H34N4O2. The van der Waals surface area contributed by atoms with E-state index in [1.165, 1.54) is 10.2 Å². The molecule has 0 radical (unpaired) electrons. The van der Waals surface area contributed by atoms with Crippen molar-refractivity contribution in [3.63, 3.8) is 0 Å². The quantitative estimate of drug-likeness (QED) is 0.685. The van der Waals surface area contributed by atoms with E-state index in [-0.39, 0.29) is 17.9 Å². The van der Waals surface area contributed by atoms with Gasteiger partial charge in [-0.05, 0) is 62.2 Å². The van der Waals surface area contributed by atoms with E-state index in [1.807, 2.05) is 6.07 Å². The minimum absolute atomic E-state index is 0.0845. The van der Waals surface area contributed by atoms with E-state index in [9.17, 15) is 9.59 Å². The number of carbonyl (C=O) groups is 1. The summed E-state index contributed by atoms with van der Waals surface area (Å²) in [5.74, 6) is 2.07. The third-order valence-electron chi connectivity index (χ3n) is 6.76.